The molecule has 18 heavy (non-hydrogen) atoms. The number of rotatable bonds is 4. The number of hydrogen-bond acceptors (Lipinski definition) is 2. The van der Waals surface area contributed by atoms with E-state index in [-0.39, 0.29) is 11.4 Å². The van der Waals surface area contributed by atoms with Gasteiger partial charge >= 0.3 is 0 Å². The van der Waals surface area contributed by atoms with Crippen molar-refractivity contribution in [2.24, 2.45) is 0 Å². The molecule has 0 spiro atoms. The van der Waals surface area contributed by atoms with E-state index >= 15 is 0 Å². The van der Waals surface area contributed by atoms with Crippen LogP contribution < -0.4 is 5.32 Å². The van der Waals surface area contributed by atoms with Crippen molar-refractivity contribution in [3.8, 4) is 0 Å². The van der Waals surface area contributed by atoms with E-state index in [1.807, 2.05) is 6.07 Å². The Morgan fingerprint density at radius 1 is 1.39 bits per heavy atom. The summed E-state index contributed by atoms with van der Waals surface area (Å²) in [7, 11) is 0. The first-order chi connectivity index (χ1) is 8.60. The molecule has 3 nitrogen and oxygen atoms in total. The van der Waals surface area contributed by atoms with Crippen LogP contribution in [0.4, 0.5) is 0 Å². The fourth-order valence-corrected chi connectivity index (χ4v) is 2.67. The number of likely N-dealkylation sites (tertiary alicyclic amines) is 1. The largest absolute Gasteiger partial charge is 0.354 e. The second-order valence-corrected chi connectivity index (χ2v) is 5.42. The Morgan fingerprint density at radius 2 is 2.11 bits per heavy atom. The van der Waals surface area contributed by atoms with Gasteiger partial charge in [0.2, 0.25) is 5.91 Å². The molecule has 1 N–H and O–H groups in total. The number of carbonyl (C=O) groups excluding carboxylic acids is 1. The van der Waals surface area contributed by atoms with Gasteiger partial charge in [-0.3, -0.25) is 9.69 Å². The third-order valence-corrected chi connectivity index (χ3v) is 3.84. The zero-order valence-electron chi connectivity index (χ0n) is 11.3. The molecule has 0 saturated carbocycles. The van der Waals surface area contributed by atoms with E-state index in [9.17, 15) is 4.79 Å². The van der Waals surface area contributed by atoms with Crippen LogP contribution in [0.5, 0.6) is 0 Å². The Kier molecular flexibility index (Phi) is 4.02. The van der Waals surface area contributed by atoms with Crippen LogP contribution in [-0.4, -0.2) is 29.4 Å². The third-order valence-electron chi connectivity index (χ3n) is 3.84. The Morgan fingerprint density at radius 3 is 2.78 bits per heavy atom. The lowest BCUT2D eigenvalue weighted by Crippen LogP contribution is -2.49. The summed E-state index contributed by atoms with van der Waals surface area (Å²) in [6.45, 7) is 6.66. The molecule has 1 saturated heterocycles. The SMILES string of the molecule is CC(=O)NCC1(C)CCCN1Cc1ccccc1. The summed E-state index contributed by atoms with van der Waals surface area (Å²) in [5, 5.41) is 2.96. The van der Waals surface area contributed by atoms with Crippen LogP contribution in [0.25, 0.3) is 0 Å². The van der Waals surface area contributed by atoms with Crippen molar-refractivity contribution < 1.29 is 4.79 Å². The highest BCUT2D eigenvalue weighted by atomic mass is 16.1. The molecule has 1 unspecified atom stereocenters. The van der Waals surface area contributed by atoms with Crippen molar-refractivity contribution in [3.05, 3.63) is 35.9 Å². The third kappa shape index (κ3) is 3.10. The highest BCUT2D eigenvalue weighted by molar-refractivity contribution is 5.72. The van der Waals surface area contributed by atoms with Gasteiger partial charge in [-0.2, -0.15) is 0 Å². The zero-order chi connectivity index (χ0) is 13.0. The Balaban J connectivity index is 2.00. The summed E-state index contributed by atoms with van der Waals surface area (Å²) < 4.78 is 0. The molecule has 3 heteroatoms. The molecule has 1 fully saturated rings. The van der Waals surface area contributed by atoms with Crippen LogP contribution >= 0.6 is 0 Å². The fourth-order valence-electron chi connectivity index (χ4n) is 2.67. The van der Waals surface area contributed by atoms with Gasteiger partial charge in [-0.05, 0) is 31.9 Å². The maximum absolute atomic E-state index is 11.1. The summed E-state index contributed by atoms with van der Waals surface area (Å²) in [5.74, 6) is 0.0581. The van der Waals surface area contributed by atoms with Gasteiger partial charge in [-0.25, -0.2) is 0 Å². The second kappa shape index (κ2) is 5.53. The van der Waals surface area contributed by atoms with E-state index in [0.717, 1.165) is 26.1 Å². The van der Waals surface area contributed by atoms with Crippen molar-refractivity contribution in [2.45, 2.75) is 38.8 Å². The number of benzene rings is 1. The Bertz CT molecular complexity index is 404. The molecule has 1 aromatic carbocycles. The van der Waals surface area contributed by atoms with Crippen molar-refractivity contribution in [1.82, 2.24) is 10.2 Å². The number of carbonyl (C=O) groups is 1. The molecule has 1 atom stereocenters. The van der Waals surface area contributed by atoms with Gasteiger partial charge in [0, 0.05) is 25.6 Å². The quantitative estimate of drug-likeness (QED) is 0.883. The minimum Gasteiger partial charge on any atom is -0.354 e. The molecule has 2 rings (SSSR count). The lowest BCUT2D eigenvalue weighted by Gasteiger charge is -2.35. The number of amides is 1. The first-order valence-electron chi connectivity index (χ1n) is 6.64. The summed E-state index contributed by atoms with van der Waals surface area (Å²) in [6, 6.07) is 10.5. The van der Waals surface area contributed by atoms with Crippen LogP contribution in [0, 0.1) is 0 Å². The van der Waals surface area contributed by atoms with E-state index in [4.69, 9.17) is 0 Å². The second-order valence-electron chi connectivity index (χ2n) is 5.42. The van der Waals surface area contributed by atoms with E-state index in [2.05, 4.69) is 41.4 Å². The highest BCUT2D eigenvalue weighted by Gasteiger charge is 2.36. The van der Waals surface area contributed by atoms with Gasteiger partial charge < -0.3 is 5.32 Å². The summed E-state index contributed by atoms with van der Waals surface area (Å²) >= 11 is 0. The summed E-state index contributed by atoms with van der Waals surface area (Å²) in [5.41, 5.74) is 1.44. The Hall–Kier alpha value is -1.35. The maximum atomic E-state index is 11.1. The van der Waals surface area contributed by atoms with Crippen LogP contribution in [0.1, 0.15) is 32.3 Å². The van der Waals surface area contributed by atoms with Crippen LogP contribution in [0.2, 0.25) is 0 Å². The molecule has 1 aliphatic rings. The molecule has 0 radical (unpaired) electrons. The highest BCUT2D eigenvalue weighted by Crippen LogP contribution is 2.29. The van der Waals surface area contributed by atoms with Crippen LogP contribution in [0.15, 0.2) is 30.3 Å². The number of nitrogens with one attached hydrogen (secondary N) is 1. The molecule has 98 valence electrons. The lowest BCUT2D eigenvalue weighted by atomic mass is 9.98. The van der Waals surface area contributed by atoms with Gasteiger partial charge in [0.1, 0.15) is 0 Å². The lowest BCUT2D eigenvalue weighted by molar-refractivity contribution is -0.119. The van der Waals surface area contributed by atoms with E-state index in [1.165, 1.54) is 12.0 Å². The molecule has 1 amide bonds. The van der Waals surface area contributed by atoms with E-state index < -0.39 is 0 Å². The van der Waals surface area contributed by atoms with Gasteiger partial charge in [-0.15, -0.1) is 0 Å². The van der Waals surface area contributed by atoms with Crippen molar-refractivity contribution in [2.75, 3.05) is 13.1 Å². The molecular weight excluding hydrogens is 224 g/mol. The van der Waals surface area contributed by atoms with Crippen molar-refractivity contribution >= 4 is 5.91 Å². The topological polar surface area (TPSA) is 32.3 Å². The minimum absolute atomic E-state index is 0.0581. The van der Waals surface area contributed by atoms with Gasteiger partial charge in [0.05, 0.1) is 0 Å². The van der Waals surface area contributed by atoms with Gasteiger partial charge in [-0.1, -0.05) is 30.3 Å². The molecular formula is C15H22N2O. The van der Waals surface area contributed by atoms with Crippen molar-refractivity contribution in [1.29, 1.82) is 0 Å². The summed E-state index contributed by atoms with van der Waals surface area (Å²) in [6.07, 6.45) is 2.36. The fraction of sp³-hybridized carbons (Fsp3) is 0.533. The van der Waals surface area contributed by atoms with Crippen molar-refractivity contribution in [3.63, 3.8) is 0 Å². The van der Waals surface area contributed by atoms with Gasteiger partial charge in [0.15, 0.2) is 0 Å². The van der Waals surface area contributed by atoms with E-state index in [1.54, 1.807) is 6.92 Å². The van der Waals surface area contributed by atoms with E-state index in [0.29, 0.717) is 0 Å². The number of hydrogen-bond donors (Lipinski definition) is 1. The standard InChI is InChI=1S/C15H22N2O/c1-13(18)16-12-15(2)9-6-10-17(15)11-14-7-4-3-5-8-14/h3-5,7-8H,6,9-12H2,1-2H3,(H,16,18). The minimum atomic E-state index is 0.0581. The zero-order valence-corrected chi connectivity index (χ0v) is 11.3. The molecule has 0 bridgehead atoms. The molecule has 0 aliphatic carbocycles. The van der Waals surface area contributed by atoms with Crippen LogP contribution in [0.3, 0.4) is 0 Å². The Labute approximate surface area is 109 Å². The van der Waals surface area contributed by atoms with Gasteiger partial charge in [0.25, 0.3) is 0 Å². The van der Waals surface area contributed by atoms with Crippen LogP contribution in [-0.2, 0) is 11.3 Å². The first kappa shape index (κ1) is 13.1. The molecule has 1 aromatic rings. The monoisotopic (exact) mass is 246 g/mol. The number of nitrogens with zero attached hydrogens (tertiary/aromatic N) is 1. The molecule has 1 aliphatic heterocycles. The average Bonchev–Trinajstić information content (AvgIpc) is 2.71. The first-order valence-corrected chi connectivity index (χ1v) is 6.64. The summed E-state index contributed by atoms with van der Waals surface area (Å²) in [4.78, 5) is 13.6. The predicted molar refractivity (Wildman–Crippen MR) is 73.2 cm³/mol. The normalized spacial score (nSPS) is 24.1. The smallest absolute Gasteiger partial charge is 0.216 e. The molecule has 0 aromatic heterocycles. The average molecular weight is 246 g/mol. The molecule has 1 heterocycles. The predicted octanol–water partition coefficient (Wildman–Crippen LogP) is 2.18. The maximum Gasteiger partial charge on any atom is 0.216 e.